The van der Waals surface area contributed by atoms with Gasteiger partial charge >= 0.3 is 0 Å². The minimum atomic E-state index is -0.135. The molecular formula is C14H15NO3. The molecule has 1 aliphatic rings. The van der Waals surface area contributed by atoms with E-state index in [1.165, 1.54) is 0 Å². The number of aliphatic hydroxyl groups excluding tert-OH is 1. The number of hydrogen-bond acceptors (Lipinski definition) is 3. The lowest BCUT2D eigenvalue weighted by atomic mass is 10.1. The fourth-order valence-corrected chi connectivity index (χ4v) is 1.77. The van der Waals surface area contributed by atoms with Crippen molar-refractivity contribution in [3.8, 4) is 11.8 Å². The largest absolute Gasteiger partial charge is 0.384 e. The second-order valence-corrected chi connectivity index (χ2v) is 4.02. The highest BCUT2D eigenvalue weighted by Crippen LogP contribution is 2.09. The highest BCUT2D eigenvalue weighted by molar-refractivity contribution is 5.78. The van der Waals surface area contributed by atoms with E-state index >= 15 is 0 Å². The average Bonchev–Trinajstić information content (AvgIpc) is 2.41. The summed E-state index contributed by atoms with van der Waals surface area (Å²) >= 11 is 0. The van der Waals surface area contributed by atoms with Crippen molar-refractivity contribution in [1.82, 2.24) is 4.90 Å². The molecule has 18 heavy (non-hydrogen) atoms. The van der Waals surface area contributed by atoms with Gasteiger partial charge in [0.2, 0.25) is 5.91 Å². The topological polar surface area (TPSA) is 49.8 Å². The van der Waals surface area contributed by atoms with Crippen LogP contribution in [-0.4, -0.2) is 42.3 Å². The summed E-state index contributed by atoms with van der Waals surface area (Å²) in [6.07, 6.45) is 0. The number of hydrogen-bond donors (Lipinski definition) is 1. The molecule has 4 heteroatoms. The first-order valence-electron chi connectivity index (χ1n) is 5.84. The quantitative estimate of drug-likeness (QED) is 0.767. The van der Waals surface area contributed by atoms with Gasteiger partial charge in [-0.3, -0.25) is 4.79 Å². The molecule has 94 valence electrons. The maximum Gasteiger partial charge on any atom is 0.248 e. The molecular weight excluding hydrogens is 230 g/mol. The Morgan fingerprint density at radius 1 is 1.33 bits per heavy atom. The first kappa shape index (κ1) is 12.6. The Hall–Kier alpha value is -1.83. The summed E-state index contributed by atoms with van der Waals surface area (Å²) in [6.45, 7) is 1.90. The third-order valence-electron chi connectivity index (χ3n) is 2.72. The number of ether oxygens (including phenoxy) is 1. The van der Waals surface area contributed by atoms with Crippen LogP contribution >= 0.6 is 0 Å². The summed E-state index contributed by atoms with van der Waals surface area (Å²) in [4.78, 5) is 13.3. The van der Waals surface area contributed by atoms with Crippen molar-refractivity contribution < 1.29 is 14.6 Å². The third kappa shape index (κ3) is 3.33. The van der Waals surface area contributed by atoms with Crippen LogP contribution in [0.1, 0.15) is 11.1 Å². The first-order chi connectivity index (χ1) is 8.79. The van der Waals surface area contributed by atoms with Crippen LogP contribution < -0.4 is 0 Å². The van der Waals surface area contributed by atoms with Crippen molar-refractivity contribution >= 4 is 5.91 Å². The molecule has 0 aromatic heterocycles. The molecule has 0 unspecified atom stereocenters. The zero-order chi connectivity index (χ0) is 12.8. The molecule has 0 saturated carbocycles. The number of nitrogens with zero attached hydrogens (tertiary/aromatic N) is 1. The Kier molecular flexibility index (Phi) is 4.35. The Labute approximate surface area is 106 Å². The lowest BCUT2D eigenvalue weighted by molar-refractivity contribution is -0.143. The van der Waals surface area contributed by atoms with E-state index < -0.39 is 0 Å². The molecule has 1 N–H and O–H groups in total. The molecule has 0 spiro atoms. The van der Waals surface area contributed by atoms with E-state index in [2.05, 4.69) is 11.8 Å². The standard InChI is InChI=1S/C14H15NO3/c16-8-1-2-12-3-5-13(6-4-12)10-15-7-9-18-11-14(15)17/h3-6,16H,7-11H2. The molecule has 1 saturated heterocycles. The minimum Gasteiger partial charge on any atom is -0.384 e. The van der Waals surface area contributed by atoms with E-state index in [-0.39, 0.29) is 19.1 Å². The summed E-state index contributed by atoms with van der Waals surface area (Å²) < 4.78 is 5.08. The summed E-state index contributed by atoms with van der Waals surface area (Å²) in [5.74, 6) is 5.46. The zero-order valence-corrected chi connectivity index (χ0v) is 10.1. The monoisotopic (exact) mass is 245 g/mol. The van der Waals surface area contributed by atoms with Crippen molar-refractivity contribution in [3.63, 3.8) is 0 Å². The molecule has 1 aromatic carbocycles. The normalized spacial score (nSPS) is 15.2. The second kappa shape index (κ2) is 6.20. The fourth-order valence-electron chi connectivity index (χ4n) is 1.77. The highest BCUT2D eigenvalue weighted by Gasteiger charge is 2.18. The van der Waals surface area contributed by atoms with Gasteiger partial charge in [0, 0.05) is 18.7 Å². The molecule has 1 heterocycles. The molecule has 0 bridgehead atoms. The maximum atomic E-state index is 11.6. The first-order valence-corrected chi connectivity index (χ1v) is 5.84. The number of benzene rings is 1. The molecule has 1 fully saturated rings. The minimum absolute atomic E-state index is 0.0328. The predicted octanol–water partition coefficient (Wildman–Crippen LogP) is 0.389. The fraction of sp³-hybridized carbons (Fsp3) is 0.357. The second-order valence-electron chi connectivity index (χ2n) is 4.02. The zero-order valence-electron chi connectivity index (χ0n) is 10.1. The van der Waals surface area contributed by atoms with Crippen LogP contribution in [-0.2, 0) is 16.1 Å². The van der Waals surface area contributed by atoms with Gasteiger partial charge in [-0.1, -0.05) is 24.0 Å². The Bertz CT molecular complexity index is 470. The van der Waals surface area contributed by atoms with Crippen LogP contribution in [0.15, 0.2) is 24.3 Å². The number of aliphatic hydroxyl groups is 1. The Morgan fingerprint density at radius 3 is 2.78 bits per heavy atom. The lowest BCUT2D eigenvalue weighted by Gasteiger charge is -2.26. The van der Waals surface area contributed by atoms with Crippen molar-refractivity contribution in [2.75, 3.05) is 26.4 Å². The van der Waals surface area contributed by atoms with Crippen LogP contribution in [0.5, 0.6) is 0 Å². The van der Waals surface area contributed by atoms with Gasteiger partial charge in [0.05, 0.1) is 6.61 Å². The highest BCUT2D eigenvalue weighted by atomic mass is 16.5. The van der Waals surface area contributed by atoms with Crippen molar-refractivity contribution in [2.24, 2.45) is 0 Å². The Balaban J connectivity index is 1.99. The van der Waals surface area contributed by atoms with Crippen LogP contribution in [0.4, 0.5) is 0 Å². The van der Waals surface area contributed by atoms with Gasteiger partial charge in [0.1, 0.15) is 13.2 Å². The summed E-state index contributed by atoms with van der Waals surface area (Å²) in [5.41, 5.74) is 1.93. The molecule has 4 nitrogen and oxygen atoms in total. The van der Waals surface area contributed by atoms with Crippen molar-refractivity contribution in [2.45, 2.75) is 6.54 Å². The van der Waals surface area contributed by atoms with E-state index in [0.29, 0.717) is 19.7 Å². The number of carbonyl (C=O) groups excluding carboxylic acids is 1. The number of rotatable bonds is 2. The van der Waals surface area contributed by atoms with Gasteiger partial charge in [0.15, 0.2) is 0 Å². The smallest absolute Gasteiger partial charge is 0.248 e. The van der Waals surface area contributed by atoms with Crippen molar-refractivity contribution in [1.29, 1.82) is 0 Å². The molecule has 1 aliphatic heterocycles. The summed E-state index contributed by atoms with van der Waals surface area (Å²) in [5, 5.41) is 8.60. The van der Waals surface area contributed by atoms with Gasteiger partial charge in [-0.05, 0) is 17.7 Å². The van der Waals surface area contributed by atoms with Crippen LogP contribution in [0.3, 0.4) is 0 Å². The lowest BCUT2D eigenvalue weighted by Crippen LogP contribution is -2.40. The maximum absolute atomic E-state index is 11.6. The summed E-state index contributed by atoms with van der Waals surface area (Å²) in [7, 11) is 0. The molecule has 1 aromatic rings. The van der Waals surface area contributed by atoms with Gasteiger partial charge in [-0.15, -0.1) is 0 Å². The van der Waals surface area contributed by atoms with Crippen molar-refractivity contribution in [3.05, 3.63) is 35.4 Å². The predicted molar refractivity (Wildman–Crippen MR) is 66.6 cm³/mol. The number of carbonyl (C=O) groups is 1. The molecule has 1 amide bonds. The Morgan fingerprint density at radius 2 is 2.11 bits per heavy atom. The van der Waals surface area contributed by atoms with Crippen LogP contribution in [0.2, 0.25) is 0 Å². The van der Waals surface area contributed by atoms with E-state index in [4.69, 9.17) is 9.84 Å². The summed E-state index contributed by atoms with van der Waals surface area (Å²) in [6, 6.07) is 7.68. The van der Waals surface area contributed by atoms with Gasteiger partial charge in [-0.25, -0.2) is 0 Å². The molecule has 0 radical (unpaired) electrons. The van der Waals surface area contributed by atoms with Crippen LogP contribution in [0.25, 0.3) is 0 Å². The number of morpholine rings is 1. The van der Waals surface area contributed by atoms with E-state index in [0.717, 1.165) is 11.1 Å². The molecule has 2 rings (SSSR count). The van der Waals surface area contributed by atoms with Gasteiger partial charge in [-0.2, -0.15) is 0 Å². The molecule has 0 aliphatic carbocycles. The van der Waals surface area contributed by atoms with Gasteiger partial charge in [0.25, 0.3) is 0 Å². The van der Waals surface area contributed by atoms with Gasteiger partial charge < -0.3 is 14.7 Å². The molecule has 0 atom stereocenters. The van der Waals surface area contributed by atoms with E-state index in [1.54, 1.807) is 4.90 Å². The van der Waals surface area contributed by atoms with Crippen LogP contribution in [0, 0.1) is 11.8 Å². The third-order valence-corrected chi connectivity index (χ3v) is 2.72. The SMILES string of the molecule is O=C1COCCN1Cc1ccc(C#CCO)cc1. The van der Waals surface area contributed by atoms with E-state index in [9.17, 15) is 4.79 Å². The number of amides is 1. The van der Waals surface area contributed by atoms with E-state index in [1.807, 2.05) is 24.3 Å². The average molecular weight is 245 g/mol.